The van der Waals surface area contributed by atoms with E-state index < -0.39 is 11.2 Å². The van der Waals surface area contributed by atoms with Gasteiger partial charge in [-0.25, -0.2) is 4.98 Å². The van der Waals surface area contributed by atoms with Crippen molar-refractivity contribution < 1.29 is 9.90 Å². The number of nitrogens with zero attached hydrogens (tertiary/aromatic N) is 2. The number of hydrogen-bond donors (Lipinski definition) is 1. The predicted molar refractivity (Wildman–Crippen MR) is 77.6 cm³/mol. The summed E-state index contributed by atoms with van der Waals surface area (Å²) in [6.45, 7) is 1.61. The Labute approximate surface area is 121 Å². The molecule has 0 aliphatic rings. The van der Waals surface area contributed by atoms with Crippen molar-refractivity contribution >= 4 is 39.3 Å². The van der Waals surface area contributed by atoms with Gasteiger partial charge in [-0.2, -0.15) is 0 Å². The van der Waals surface area contributed by atoms with Crippen LogP contribution in [-0.4, -0.2) is 25.7 Å². The van der Waals surface area contributed by atoms with Crippen molar-refractivity contribution in [1.82, 2.24) is 9.38 Å². The van der Waals surface area contributed by atoms with Crippen molar-refractivity contribution in [2.75, 3.05) is 0 Å². The van der Waals surface area contributed by atoms with E-state index in [0.717, 1.165) is 4.47 Å². The summed E-state index contributed by atoms with van der Waals surface area (Å²) in [5.41, 5.74) is 0.963. The molecule has 19 heavy (non-hydrogen) atoms. The zero-order valence-electron chi connectivity index (χ0n) is 10.0. The largest absolute Gasteiger partial charge is 0.480 e. The molecule has 2 aromatic heterocycles. The minimum atomic E-state index is -0.869. The Bertz CT molecular complexity index is 686. The molecule has 0 spiro atoms. The molecule has 2 aromatic rings. The molecule has 0 aliphatic heterocycles. The summed E-state index contributed by atoms with van der Waals surface area (Å²) >= 11 is 4.53. The molecule has 0 bridgehead atoms. The molecule has 100 valence electrons. The van der Waals surface area contributed by atoms with Gasteiger partial charge in [0.25, 0.3) is 5.56 Å². The number of pyridine rings is 1. The summed E-state index contributed by atoms with van der Waals surface area (Å²) in [5, 5.41) is 8.28. The summed E-state index contributed by atoms with van der Waals surface area (Å²) in [4.78, 5) is 27.0. The predicted octanol–water partition coefficient (Wildman–Crippen LogP) is 2.16. The van der Waals surface area contributed by atoms with Crippen molar-refractivity contribution in [2.24, 2.45) is 0 Å². The normalized spacial score (nSPS) is 12.5. The van der Waals surface area contributed by atoms with Crippen LogP contribution in [0.25, 0.3) is 5.65 Å². The molecule has 0 aliphatic carbocycles. The minimum absolute atomic E-state index is 0.176. The van der Waals surface area contributed by atoms with Crippen molar-refractivity contribution in [1.29, 1.82) is 0 Å². The van der Waals surface area contributed by atoms with Crippen molar-refractivity contribution in [2.45, 2.75) is 17.9 Å². The van der Waals surface area contributed by atoms with E-state index in [1.54, 1.807) is 25.3 Å². The lowest BCUT2D eigenvalue weighted by molar-refractivity contribution is -0.136. The molecular weight excluding hydrogens is 332 g/mol. The third-order valence-corrected chi connectivity index (χ3v) is 4.14. The van der Waals surface area contributed by atoms with Gasteiger partial charge in [0.1, 0.15) is 5.65 Å². The highest BCUT2D eigenvalue weighted by Gasteiger charge is 2.12. The molecule has 2 heterocycles. The second-order valence-corrected chi connectivity index (χ2v) is 6.20. The second-order valence-electron chi connectivity index (χ2n) is 3.95. The Morgan fingerprint density at radius 2 is 2.32 bits per heavy atom. The van der Waals surface area contributed by atoms with Crippen LogP contribution < -0.4 is 5.56 Å². The minimum Gasteiger partial charge on any atom is -0.480 e. The van der Waals surface area contributed by atoms with E-state index in [9.17, 15) is 9.59 Å². The standard InChI is InChI=1S/C12H11BrN2O3S/c1-7(12(17)18)19-6-9-4-11(16)15-5-8(13)2-3-10(15)14-9/h2-5,7H,6H2,1H3,(H,17,18). The number of carboxylic acids is 1. The number of fused-ring (bicyclic) bond motifs is 1. The molecule has 5 nitrogen and oxygen atoms in total. The van der Waals surface area contributed by atoms with Crippen LogP contribution in [0.3, 0.4) is 0 Å². The van der Waals surface area contributed by atoms with Gasteiger partial charge in [0, 0.05) is 22.5 Å². The number of aromatic nitrogens is 2. The third-order valence-electron chi connectivity index (χ3n) is 2.51. The quantitative estimate of drug-likeness (QED) is 0.921. The van der Waals surface area contributed by atoms with Crippen LogP contribution in [-0.2, 0) is 10.5 Å². The Hall–Kier alpha value is -1.34. The van der Waals surface area contributed by atoms with E-state index in [0.29, 0.717) is 17.1 Å². The zero-order chi connectivity index (χ0) is 14.0. The molecule has 1 N–H and O–H groups in total. The molecule has 0 fully saturated rings. The highest BCUT2D eigenvalue weighted by molar-refractivity contribution is 9.10. The van der Waals surface area contributed by atoms with Gasteiger partial charge in [0.15, 0.2) is 0 Å². The summed E-state index contributed by atoms with van der Waals surface area (Å²) in [7, 11) is 0. The number of hydrogen-bond acceptors (Lipinski definition) is 4. The molecule has 2 rings (SSSR count). The molecule has 0 radical (unpaired) electrons. The lowest BCUT2D eigenvalue weighted by Crippen LogP contribution is -2.16. The van der Waals surface area contributed by atoms with Crippen LogP contribution in [0.2, 0.25) is 0 Å². The number of carbonyl (C=O) groups is 1. The van der Waals surface area contributed by atoms with Crippen LogP contribution in [0, 0.1) is 0 Å². The summed E-state index contributed by atoms with van der Waals surface area (Å²) in [6, 6.07) is 4.97. The Balaban J connectivity index is 2.29. The first kappa shape index (κ1) is 14.1. The molecule has 0 aromatic carbocycles. The van der Waals surface area contributed by atoms with Gasteiger partial charge in [-0.3, -0.25) is 14.0 Å². The van der Waals surface area contributed by atoms with Gasteiger partial charge in [0.05, 0.1) is 10.9 Å². The maximum atomic E-state index is 11.9. The second kappa shape index (κ2) is 5.75. The third kappa shape index (κ3) is 3.36. The van der Waals surface area contributed by atoms with E-state index >= 15 is 0 Å². The maximum absolute atomic E-state index is 11.9. The average molecular weight is 343 g/mol. The molecule has 0 saturated heterocycles. The SMILES string of the molecule is CC(SCc1cc(=O)n2cc(Br)ccc2n1)C(=O)O. The van der Waals surface area contributed by atoms with Crippen molar-refractivity contribution in [3.05, 3.63) is 44.9 Å². The first-order valence-corrected chi connectivity index (χ1v) is 7.34. The van der Waals surface area contributed by atoms with Crippen molar-refractivity contribution in [3.63, 3.8) is 0 Å². The average Bonchev–Trinajstić information content (AvgIpc) is 2.36. The number of carboxylic acid groups (broad SMARTS) is 1. The molecular formula is C12H11BrN2O3S. The van der Waals surface area contributed by atoms with E-state index in [-0.39, 0.29) is 5.56 Å². The number of halogens is 1. The van der Waals surface area contributed by atoms with Crippen LogP contribution in [0.5, 0.6) is 0 Å². The number of rotatable bonds is 4. The summed E-state index contributed by atoms with van der Waals surface area (Å²) in [5.74, 6) is -0.471. The monoisotopic (exact) mass is 342 g/mol. The van der Waals surface area contributed by atoms with Gasteiger partial charge in [-0.05, 0) is 35.0 Å². The molecule has 7 heteroatoms. The first-order chi connectivity index (χ1) is 8.97. The van der Waals surface area contributed by atoms with E-state index in [4.69, 9.17) is 5.11 Å². The Morgan fingerprint density at radius 3 is 3.00 bits per heavy atom. The Kier molecular flexibility index (Phi) is 4.26. The van der Waals surface area contributed by atoms with Gasteiger partial charge in [-0.15, -0.1) is 11.8 Å². The fourth-order valence-electron chi connectivity index (χ4n) is 1.48. The summed E-state index contributed by atoms with van der Waals surface area (Å²) < 4.78 is 2.24. The highest BCUT2D eigenvalue weighted by atomic mass is 79.9. The lowest BCUT2D eigenvalue weighted by atomic mass is 10.4. The van der Waals surface area contributed by atoms with E-state index in [1.807, 2.05) is 0 Å². The van der Waals surface area contributed by atoms with Crippen LogP contribution in [0.1, 0.15) is 12.6 Å². The molecule has 1 unspecified atom stereocenters. The van der Waals surface area contributed by atoms with Crippen molar-refractivity contribution in [3.8, 4) is 0 Å². The van der Waals surface area contributed by atoms with Crippen LogP contribution in [0.15, 0.2) is 33.7 Å². The van der Waals surface area contributed by atoms with Gasteiger partial charge in [0.2, 0.25) is 0 Å². The van der Waals surface area contributed by atoms with E-state index in [1.165, 1.54) is 22.2 Å². The fraction of sp³-hybridized carbons (Fsp3) is 0.250. The van der Waals surface area contributed by atoms with Crippen LogP contribution in [0.4, 0.5) is 0 Å². The Morgan fingerprint density at radius 1 is 1.58 bits per heavy atom. The maximum Gasteiger partial charge on any atom is 0.316 e. The van der Waals surface area contributed by atoms with E-state index in [2.05, 4.69) is 20.9 Å². The smallest absolute Gasteiger partial charge is 0.316 e. The topological polar surface area (TPSA) is 71.7 Å². The zero-order valence-corrected chi connectivity index (χ0v) is 12.4. The fourth-order valence-corrected chi connectivity index (χ4v) is 2.53. The van der Waals surface area contributed by atoms with Crippen LogP contribution >= 0.6 is 27.7 Å². The first-order valence-electron chi connectivity index (χ1n) is 5.49. The molecule has 1 atom stereocenters. The summed E-state index contributed by atoms with van der Waals surface area (Å²) in [6.07, 6.45) is 1.65. The van der Waals surface area contributed by atoms with Gasteiger partial charge >= 0.3 is 5.97 Å². The van der Waals surface area contributed by atoms with Gasteiger partial charge in [-0.1, -0.05) is 0 Å². The molecule has 0 saturated carbocycles. The number of thioether (sulfide) groups is 1. The lowest BCUT2D eigenvalue weighted by Gasteiger charge is -2.07. The van der Waals surface area contributed by atoms with Gasteiger partial charge < -0.3 is 5.11 Å². The number of aliphatic carboxylic acids is 1. The highest BCUT2D eigenvalue weighted by Crippen LogP contribution is 2.16. The molecule has 0 amide bonds.